The molecule has 392 valence electrons. The Morgan fingerprint density at radius 3 is 1.12 bits per heavy atom. The molecule has 3 aromatic rings. The van der Waals surface area contributed by atoms with Crippen molar-refractivity contribution in [3.8, 4) is 0 Å². The maximum Gasteiger partial charge on any atom is 0.264 e. The van der Waals surface area contributed by atoms with Crippen molar-refractivity contribution < 1.29 is 20.6 Å². The summed E-state index contributed by atoms with van der Waals surface area (Å²) in [6, 6.07) is 0.449. The number of hydrogen-bond donors (Lipinski definition) is 8. The van der Waals surface area contributed by atoms with Crippen molar-refractivity contribution in [3.63, 3.8) is 0 Å². The molecule has 0 fully saturated rings. The molecule has 0 spiro atoms. The van der Waals surface area contributed by atoms with Gasteiger partial charge in [0.1, 0.15) is 17.5 Å². The number of nitrogens with one attached hydrogen (secondary N) is 3. The molecule has 0 saturated heterocycles. The van der Waals surface area contributed by atoms with Gasteiger partial charge >= 0.3 is 0 Å². The zero-order valence-electron chi connectivity index (χ0n) is 42.6. The number of nitrogens with zero attached hydrogens (tertiary/aromatic N) is 7. The lowest BCUT2D eigenvalue weighted by Crippen LogP contribution is -2.21. The minimum Gasteiger partial charge on any atom is -0.393 e. The Balaban J connectivity index is -0.000000123. The second-order valence-electron chi connectivity index (χ2n) is 14.1. The van der Waals surface area contributed by atoms with E-state index in [1.807, 2.05) is 41.5 Å². The van der Waals surface area contributed by atoms with Crippen LogP contribution < -0.4 is 38.9 Å². The van der Waals surface area contributed by atoms with Crippen LogP contribution >= 0.6 is 47.1 Å². The number of rotatable bonds is 17. The van der Waals surface area contributed by atoms with Crippen molar-refractivity contribution in [1.29, 1.82) is 0 Å². The number of nitrogens with two attached hydrogens (primary N) is 4. The fourth-order valence-electron chi connectivity index (χ4n) is 4.40. The third-order valence-electron chi connectivity index (χ3n) is 8.70. The van der Waals surface area contributed by atoms with Crippen LogP contribution in [0.25, 0.3) is 0 Å². The second-order valence-corrected chi connectivity index (χ2v) is 15.7. The molecule has 3 rings (SSSR count). The smallest absolute Gasteiger partial charge is 0.264 e. The summed E-state index contributed by atoms with van der Waals surface area (Å²) in [6.45, 7) is 28.0. The second kappa shape index (κ2) is 51.6. The van der Waals surface area contributed by atoms with Crippen LogP contribution in [-0.2, 0) is 14.3 Å². The number of anilines is 6. The van der Waals surface area contributed by atoms with Crippen LogP contribution in [0, 0.1) is 20.8 Å². The average molecular weight is 1190 g/mol. The Hall–Kier alpha value is -2.78. The quantitative estimate of drug-likeness (QED) is 0.0461. The fourth-order valence-corrected chi connectivity index (χ4v) is 5.13. The van der Waals surface area contributed by atoms with Crippen LogP contribution in [0.5, 0.6) is 0 Å². The Kier molecular flexibility index (Phi) is 60.5. The van der Waals surface area contributed by atoms with Crippen LogP contribution in [0.4, 0.5) is 38.2 Å². The molecular formula is C44H95FI2N14O4S. The van der Waals surface area contributed by atoms with E-state index in [4.69, 9.17) is 32.2 Å². The average Bonchev–Trinajstić information content (AvgIpc) is 3.28. The minimum atomic E-state index is -3.26. The first-order chi connectivity index (χ1) is 30.2. The summed E-state index contributed by atoms with van der Waals surface area (Å²) < 4.78 is 35.6. The van der Waals surface area contributed by atoms with E-state index in [9.17, 15) is 11.3 Å². The van der Waals surface area contributed by atoms with Crippen LogP contribution in [0.15, 0.2) is 18.6 Å². The first-order valence-electron chi connectivity index (χ1n) is 22.2. The van der Waals surface area contributed by atoms with Gasteiger partial charge in [0.25, 0.3) is 10.1 Å². The standard InChI is InChI=1S/C7H16O3S.3C6H10N4.2C6H15N.C6H14O.CH4.FI.HI/c1-4-6-7(5-2)10-11(3,8)9;3*1-4-3-9-6(8-2)10-5(4)7;1-4-7(5-2)6-3;2*1-3-5-6(7)4-2;;1-2;/h7H,4-6H2,1-3H3;3*3H,1-2H3,(H3,7,8,9,10);4-6H2,1-3H3;6H,3-5,7H2,1-2H3;6-7H,3-5H2,1-2H3;1H4;;1H. The maximum absolute atomic E-state index is 10.7. The van der Waals surface area contributed by atoms with Gasteiger partial charge in [-0.3, -0.25) is 4.18 Å². The van der Waals surface area contributed by atoms with Crippen molar-refractivity contribution in [2.45, 2.75) is 167 Å². The number of aryl methyl sites for hydroxylation is 3. The summed E-state index contributed by atoms with van der Waals surface area (Å²) in [7, 11) is 2.00. The van der Waals surface area contributed by atoms with Crippen LogP contribution in [0.2, 0.25) is 0 Å². The monoisotopic (exact) mass is 1190 g/mol. The van der Waals surface area contributed by atoms with E-state index in [0.717, 1.165) is 67.9 Å². The van der Waals surface area contributed by atoms with Crippen LogP contribution in [0.1, 0.15) is 144 Å². The van der Waals surface area contributed by atoms with Gasteiger partial charge in [-0.15, -0.1) is 24.0 Å². The van der Waals surface area contributed by atoms with Crippen LogP contribution in [-0.4, -0.2) is 114 Å². The first kappa shape index (κ1) is 77.4. The molecule has 12 N–H and O–H groups in total. The third kappa shape index (κ3) is 47.7. The molecule has 0 amide bonds. The molecule has 0 radical (unpaired) electrons. The van der Waals surface area contributed by atoms with Crippen molar-refractivity contribution in [1.82, 2.24) is 34.8 Å². The topological polar surface area (TPSA) is 284 Å². The van der Waals surface area contributed by atoms with Gasteiger partial charge in [-0.2, -0.15) is 26.2 Å². The summed E-state index contributed by atoms with van der Waals surface area (Å²) in [5, 5.41) is 17.2. The molecule has 0 bridgehead atoms. The summed E-state index contributed by atoms with van der Waals surface area (Å²) in [5.74, 6) is 3.26. The van der Waals surface area contributed by atoms with Crippen LogP contribution in [0.3, 0.4) is 0 Å². The normalized spacial score (nSPS) is 10.9. The predicted molar refractivity (Wildman–Crippen MR) is 302 cm³/mol. The number of aromatic nitrogens is 6. The first-order valence-corrected chi connectivity index (χ1v) is 24.8. The summed E-state index contributed by atoms with van der Waals surface area (Å²) in [4.78, 5) is 26.1. The van der Waals surface area contributed by atoms with Gasteiger partial charge < -0.3 is 48.9 Å². The Bertz CT molecular complexity index is 1480. The third-order valence-corrected chi connectivity index (χ3v) is 9.32. The van der Waals surface area contributed by atoms with Crippen molar-refractivity contribution in [3.05, 3.63) is 35.3 Å². The van der Waals surface area contributed by atoms with Crippen molar-refractivity contribution in [2.24, 2.45) is 5.73 Å². The molecule has 0 aromatic carbocycles. The summed E-state index contributed by atoms with van der Waals surface area (Å²) >= 11 is 0.650. The van der Waals surface area contributed by atoms with Crippen molar-refractivity contribution in [2.75, 3.05) is 80.2 Å². The number of aliphatic hydroxyl groups is 1. The van der Waals surface area contributed by atoms with Gasteiger partial charge in [-0.05, 0) is 78.9 Å². The zero-order chi connectivity index (χ0) is 50.7. The molecule has 66 heavy (non-hydrogen) atoms. The predicted octanol–water partition coefficient (Wildman–Crippen LogP) is 9.76. The number of nitrogen functional groups attached to an aromatic ring is 3. The largest absolute Gasteiger partial charge is 0.393 e. The van der Waals surface area contributed by atoms with Gasteiger partial charge in [-0.1, -0.05) is 89.0 Å². The van der Waals surface area contributed by atoms with E-state index >= 15 is 0 Å². The Morgan fingerprint density at radius 1 is 0.652 bits per heavy atom. The molecule has 3 unspecified atom stereocenters. The number of hydrogen-bond acceptors (Lipinski definition) is 18. The molecule has 3 heterocycles. The van der Waals surface area contributed by atoms with Gasteiger partial charge in [0.2, 0.25) is 17.8 Å². The van der Waals surface area contributed by atoms with Gasteiger partial charge in [0, 0.05) is 62.5 Å². The Labute approximate surface area is 432 Å². The molecule has 18 nitrogen and oxygen atoms in total. The molecule has 3 atom stereocenters. The molecule has 22 heteroatoms. The molecule has 0 aliphatic heterocycles. The van der Waals surface area contributed by atoms with Gasteiger partial charge in [0.15, 0.2) is 23.2 Å². The summed E-state index contributed by atoms with van der Waals surface area (Å²) in [5.41, 5.74) is 24.8. The molecule has 3 aromatic heterocycles. The molecular weight excluding hydrogens is 1090 g/mol. The number of aliphatic hydroxyl groups excluding tert-OH is 1. The summed E-state index contributed by atoms with van der Waals surface area (Å²) in [6.07, 6.45) is 14.9. The lowest BCUT2D eigenvalue weighted by molar-refractivity contribution is 0.159. The molecule has 0 aliphatic carbocycles. The van der Waals surface area contributed by atoms with E-state index in [1.54, 1.807) is 39.7 Å². The van der Waals surface area contributed by atoms with E-state index in [-0.39, 0.29) is 43.6 Å². The maximum atomic E-state index is 10.7. The number of halogens is 3. The highest BCUT2D eigenvalue weighted by Crippen LogP contribution is 2.10. The van der Waals surface area contributed by atoms with E-state index in [1.165, 1.54) is 32.5 Å². The lowest BCUT2D eigenvalue weighted by Gasteiger charge is -2.13. The highest BCUT2D eigenvalue weighted by atomic mass is 127. The fraction of sp³-hybridized carbons (Fsp3) is 0.727. The zero-order valence-corrected chi connectivity index (χ0v) is 47.9. The minimum absolute atomic E-state index is 0. The lowest BCUT2D eigenvalue weighted by atomic mass is 10.1. The molecule has 0 saturated carbocycles. The Morgan fingerprint density at radius 2 is 0.970 bits per heavy atom. The molecule has 0 aliphatic rings. The SMILES string of the molecule is C.CCCC(CC)OS(C)(=O)=O.CCCC(N)CC.CCCC(O)CC.CCN(CC)CC.CNc1ncc(C)c(N)n1.CNc1ncc(C)c(N)n1.CNc1ncc(C)c(N)n1.FI.I. The van der Waals surface area contributed by atoms with Crippen molar-refractivity contribution >= 4 is 92.6 Å². The van der Waals surface area contributed by atoms with E-state index in [2.05, 4.69) is 92.3 Å². The van der Waals surface area contributed by atoms with E-state index in [0.29, 0.717) is 64.5 Å². The van der Waals surface area contributed by atoms with E-state index < -0.39 is 10.1 Å². The highest BCUT2D eigenvalue weighted by molar-refractivity contribution is 14.1. The highest BCUT2D eigenvalue weighted by Gasteiger charge is 2.11. The van der Waals surface area contributed by atoms with Gasteiger partial charge in [-0.25, -0.2) is 15.0 Å². The van der Waals surface area contributed by atoms with Gasteiger partial charge in [0.05, 0.1) is 18.5 Å².